The Hall–Kier alpha value is -0.560. The van der Waals surface area contributed by atoms with E-state index < -0.39 is 0 Å². The van der Waals surface area contributed by atoms with Gasteiger partial charge in [-0.05, 0) is 29.5 Å². The van der Waals surface area contributed by atoms with E-state index in [1.54, 1.807) is 0 Å². The zero-order chi connectivity index (χ0) is 13.3. The molecule has 0 fully saturated rings. The Bertz CT molecular complexity index is 601. The Morgan fingerprint density at radius 3 is 1.83 bits per heavy atom. The Kier molecular flexibility index (Phi) is 4.32. The molecule has 0 aliphatic heterocycles. The molecule has 2 aromatic rings. The van der Waals surface area contributed by atoms with Gasteiger partial charge >= 0.3 is 0 Å². The fraction of sp³-hybridized carbons (Fsp3) is 0.400. The van der Waals surface area contributed by atoms with Gasteiger partial charge in [0.05, 0.1) is 0 Å². The minimum absolute atomic E-state index is 0.195. The van der Waals surface area contributed by atoms with Crippen molar-refractivity contribution in [3.8, 4) is 0 Å². The molecule has 0 aliphatic rings. The van der Waals surface area contributed by atoms with Gasteiger partial charge in [-0.1, -0.05) is 36.5 Å². The maximum Gasteiger partial charge on any atom is 0.264 e. The summed E-state index contributed by atoms with van der Waals surface area (Å²) in [5.41, 5.74) is -0.389. The van der Waals surface area contributed by atoms with Gasteiger partial charge in [0.15, 0.2) is 0 Å². The average Bonchev–Trinajstić information content (AvgIpc) is 2.78. The first-order valence-corrected chi connectivity index (χ1v) is 7.60. The molecule has 2 heterocycles. The summed E-state index contributed by atoms with van der Waals surface area (Å²) in [4.78, 5) is 23.6. The van der Waals surface area contributed by atoms with Crippen molar-refractivity contribution in [2.24, 2.45) is 0 Å². The number of rotatable bonds is 4. The van der Waals surface area contributed by atoms with E-state index in [9.17, 15) is 9.59 Å². The second kappa shape index (κ2) is 5.61. The maximum atomic E-state index is 11.8. The van der Waals surface area contributed by atoms with E-state index in [-0.39, 0.29) is 17.3 Å². The van der Waals surface area contributed by atoms with Crippen molar-refractivity contribution >= 4 is 46.3 Å². The highest BCUT2D eigenvalue weighted by Crippen LogP contribution is 2.24. The van der Waals surface area contributed by atoms with Gasteiger partial charge in [-0.2, -0.15) is 0 Å². The molecule has 2 aromatic heterocycles. The summed E-state index contributed by atoms with van der Waals surface area (Å²) >= 11 is 14.0. The van der Waals surface area contributed by atoms with Crippen molar-refractivity contribution < 1.29 is 0 Å². The van der Waals surface area contributed by atoms with Crippen LogP contribution in [0.1, 0.15) is 25.9 Å². The molecule has 0 aliphatic carbocycles. The quantitative estimate of drug-likeness (QED) is 0.866. The van der Waals surface area contributed by atoms with Crippen LogP contribution in [-0.2, 0) is 0 Å². The average molecular weight is 325 g/mol. The molecular formula is C10H10Cl2N2O2S2. The third-order valence-corrected chi connectivity index (χ3v) is 4.82. The highest BCUT2D eigenvalue weighted by Gasteiger charge is 2.19. The third-order valence-electron chi connectivity index (χ3n) is 2.37. The topological polar surface area (TPSA) is 44.0 Å². The van der Waals surface area contributed by atoms with Gasteiger partial charge in [0.2, 0.25) is 0 Å². The van der Waals surface area contributed by atoms with Gasteiger partial charge in [-0.3, -0.25) is 9.59 Å². The lowest BCUT2D eigenvalue weighted by Crippen LogP contribution is -2.28. The van der Waals surface area contributed by atoms with Crippen LogP contribution in [0.4, 0.5) is 0 Å². The van der Waals surface area contributed by atoms with E-state index in [4.69, 9.17) is 23.2 Å². The minimum atomic E-state index is -0.343. The fourth-order valence-electron chi connectivity index (χ4n) is 1.66. The lowest BCUT2D eigenvalue weighted by Gasteiger charge is -2.16. The van der Waals surface area contributed by atoms with Crippen LogP contribution in [-0.4, -0.2) is 7.91 Å². The predicted octanol–water partition coefficient (Wildman–Crippen LogP) is 3.29. The molecule has 0 N–H and O–H groups in total. The molecule has 0 spiro atoms. The maximum absolute atomic E-state index is 11.8. The Morgan fingerprint density at radius 1 is 1.11 bits per heavy atom. The normalized spacial score (nSPS) is 11.3. The van der Waals surface area contributed by atoms with Crippen LogP contribution in [0.15, 0.2) is 21.7 Å². The van der Waals surface area contributed by atoms with Crippen molar-refractivity contribution in [1.82, 2.24) is 7.91 Å². The molecular weight excluding hydrogens is 315 g/mol. The van der Waals surface area contributed by atoms with Crippen LogP contribution in [0, 0.1) is 0 Å². The lowest BCUT2D eigenvalue weighted by molar-refractivity contribution is 0.433. The molecule has 18 heavy (non-hydrogen) atoms. The van der Waals surface area contributed by atoms with Crippen molar-refractivity contribution in [2.75, 3.05) is 0 Å². The molecule has 0 bridgehead atoms. The van der Waals surface area contributed by atoms with Crippen molar-refractivity contribution in [2.45, 2.75) is 25.9 Å². The highest BCUT2D eigenvalue weighted by atomic mass is 35.5. The summed E-state index contributed by atoms with van der Waals surface area (Å²) in [5.74, 6) is 0. The van der Waals surface area contributed by atoms with E-state index in [0.717, 1.165) is 29.5 Å². The van der Waals surface area contributed by atoms with Crippen molar-refractivity contribution in [3.63, 3.8) is 0 Å². The van der Waals surface area contributed by atoms with Crippen LogP contribution in [0.25, 0.3) is 0 Å². The summed E-state index contributed by atoms with van der Waals surface area (Å²) in [5, 5.41) is 0. The fourth-order valence-corrected chi connectivity index (χ4v) is 3.96. The van der Waals surface area contributed by atoms with Crippen LogP contribution >= 0.6 is 46.3 Å². The third kappa shape index (κ3) is 2.71. The molecule has 0 aromatic carbocycles. The summed E-state index contributed by atoms with van der Waals surface area (Å²) in [6.45, 7) is 1.99. The Balaban J connectivity index is 2.53. The minimum Gasteiger partial charge on any atom is -0.268 e. The summed E-state index contributed by atoms with van der Waals surface area (Å²) in [6, 6.07) is 2.71. The molecule has 0 atom stereocenters. The van der Waals surface area contributed by atoms with Gasteiger partial charge in [-0.15, -0.1) is 0 Å². The van der Waals surface area contributed by atoms with Gasteiger partial charge in [0.1, 0.15) is 14.8 Å². The number of nitrogens with zero attached hydrogens (tertiary/aromatic N) is 2. The molecule has 0 unspecified atom stereocenters. The van der Waals surface area contributed by atoms with E-state index in [2.05, 4.69) is 0 Å². The van der Waals surface area contributed by atoms with Gasteiger partial charge < -0.3 is 0 Å². The van der Waals surface area contributed by atoms with E-state index >= 15 is 0 Å². The van der Waals surface area contributed by atoms with Crippen LogP contribution in [0.2, 0.25) is 8.67 Å². The monoisotopic (exact) mass is 324 g/mol. The largest absolute Gasteiger partial charge is 0.268 e. The number of hydrogen-bond donors (Lipinski definition) is 0. The molecule has 0 radical (unpaired) electrons. The summed E-state index contributed by atoms with van der Waals surface area (Å²) in [6.07, 6.45) is 1.17. The molecule has 2 rings (SSSR count). The van der Waals surface area contributed by atoms with E-state index in [1.165, 1.54) is 20.0 Å². The van der Waals surface area contributed by atoms with Gasteiger partial charge in [-0.25, -0.2) is 7.91 Å². The molecule has 0 saturated carbocycles. The second-order valence-electron chi connectivity index (χ2n) is 3.68. The second-order valence-corrected chi connectivity index (χ2v) is 6.97. The van der Waals surface area contributed by atoms with Crippen LogP contribution in [0.5, 0.6) is 0 Å². The van der Waals surface area contributed by atoms with Gasteiger partial charge in [0, 0.05) is 12.1 Å². The summed E-state index contributed by atoms with van der Waals surface area (Å²) < 4.78 is 3.86. The summed E-state index contributed by atoms with van der Waals surface area (Å²) in [7, 11) is 0. The molecule has 0 amide bonds. The Labute approximate surface area is 121 Å². The van der Waals surface area contributed by atoms with Crippen molar-refractivity contribution in [3.05, 3.63) is 41.5 Å². The first-order chi connectivity index (χ1) is 8.52. The molecule has 8 heteroatoms. The first-order valence-electron chi connectivity index (χ1n) is 5.29. The number of aromatic nitrogens is 2. The zero-order valence-corrected chi connectivity index (χ0v) is 12.6. The molecule has 0 saturated heterocycles. The van der Waals surface area contributed by atoms with Gasteiger partial charge in [0.25, 0.3) is 11.1 Å². The standard InChI is InChI=1S/C10H10Cl2N2O2S2/c1-2-3-8(13-9(15)4-6(11)17-13)14-10(16)5-7(12)18-14/h4-5,8H,2-3H2,1H3. The van der Waals surface area contributed by atoms with E-state index in [0.29, 0.717) is 15.1 Å². The smallest absolute Gasteiger partial charge is 0.264 e. The van der Waals surface area contributed by atoms with Crippen molar-refractivity contribution in [1.29, 1.82) is 0 Å². The van der Waals surface area contributed by atoms with E-state index in [1.807, 2.05) is 6.92 Å². The number of hydrogen-bond acceptors (Lipinski definition) is 4. The first kappa shape index (κ1) is 13.9. The molecule has 4 nitrogen and oxygen atoms in total. The number of halogens is 2. The predicted molar refractivity (Wildman–Crippen MR) is 76.5 cm³/mol. The lowest BCUT2D eigenvalue weighted by atomic mass is 10.3. The molecule has 98 valence electrons. The SMILES string of the molecule is CCCC(n1sc(Cl)cc1=O)n1sc(Cl)cc1=O. The van der Waals surface area contributed by atoms with Crippen LogP contribution in [0.3, 0.4) is 0 Å². The zero-order valence-electron chi connectivity index (χ0n) is 9.43. The van der Waals surface area contributed by atoms with Crippen LogP contribution < -0.4 is 11.1 Å². The Morgan fingerprint density at radius 2 is 1.56 bits per heavy atom. The highest BCUT2D eigenvalue weighted by molar-refractivity contribution is 7.12.